The van der Waals surface area contributed by atoms with E-state index in [0.717, 1.165) is 0 Å². The second-order valence-electron chi connectivity index (χ2n) is 3.00. The topological polar surface area (TPSA) is 84.3 Å². The molecule has 86 valence electrons. The van der Waals surface area contributed by atoms with E-state index < -0.39 is 4.92 Å². The van der Waals surface area contributed by atoms with Crippen LogP contribution in [0.1, 0.15) is 0 Å². The Hall–Kier alpha value is -1.66. The molecular formula is C9H10ClN3O3. The van der Waals surface area contributed by atoms with Gasteiger partial charge >= 0.3 is 0 Å². The predicted octanol–water partition coefficient (Wildman–Crippen LogP) is 1.41. The summed E-state index contributed by atoms with van der Waals surface area (Å²) in [6.45, 7) is 0.135. The molecule has 0 aliphatic heterocycles. The first kappa shape index (κ1) is 12.4. The number of anilines is 1. The van der Waals surface area contributed by atoms with Gasteiger partial charge < -0.3 is 10.6 Å². The second-order valence-corrected chi connectivity index (χ2v) is 3.41. The van der Waals surface area contributed by atoms with Crippen molar-refractivity contribution in [2.24, 2.45) is 0 Å². The Labute approximate surface area is 96.7 Å². The molecule has 16 heavy (non-hydrogen) atoms. The zero-order valence-corrected chi connectivity index (χ0v) is 9.25. The van der Waals surface area contributed by atoms with Crippen molar-refractivity contribution in [2.45, 2.75) is 0 Å². The van der Waals surface area contributed by atoms with Crippen LogP contribution in [-0.2, 0) is 4.79 Å². The van der Waals surface area contributed by atoms with Crippen molar-refractivity contribution < 1.29 is 9.72 Å². The van der Waals surface area contributed by atoms with E-state index in [1.807, 2.05) is 0 Å². The highest BCUT2D eigenvalue weighted by molar-refractivity contribution is 6.32. The minimum absolute atomic E-state index is 0.0385. The lowest BCUT2D eigenvalue weighted by Crippen LogP contribution is -2.25. The van der Waals surface area contributed by atoms with Gasteiger partial charge in [-0.2, -0.15) is 0 Å². The number of nitro benzene ring substituents is 1. The molecule has 0 aliphatic carbocycles. The van der Waals surface area contributed by atoms with E-state index >= 15 is 0 Å². The van der Waals surface area contributed by atoms with Crippen molar-refractivity contribution in [3.05, 3.63) is 33.3 Å². The highest BCUT2D eigenvalue weighted by atomic mass is 35.5. The fourth-order valence-electron chi connectivity index (χ4n) is 1.10. The highest BCUT2D eigenvalue weighted by Crippen LogP contribution is 2.27. The lowest BCUT2D eigenvalue weighted by molar-refractivity contribution is -0.384. The van der Waals surface area contributed by atoms with Crippen LogP contribution in [0.5, 0.6) is 0 Å². The highest BCUT2D eigenvalue weighted by Gasteiger charge is 2.13. The Kier molecular flexibility index (Phi) is 4.21. The van der Waals surface area contributed by atoms with Gasteiger partial charge in [0.2, 0.25) is 5.91 Å². The number of carbonyl (C=O) groups excluding carboxylic acids is 1. The molecule has 7 heteroatoms. The minimum Gasteiger partial charge on any atom is -0.325 e. The molecule has 0 aromatic heterocycles. The van der Waals surface area contributed by atoms with Crippen LogP contribution in [0, 0.1) is 10.1 Å². The fourth-order valence-corrected chi connectivity index (χ4v) is 1.28. The Morgan fingerprint density at radius 1 is 1.56 bits per heavy atom. The summed E-state index contributed by atoms with van der Waals surface area (Å²) in [5.74, 6) is -0.279. The number of hydrogen-bond donors (Lipinski definition) is 2. The van der Waals surface area contributed by atoms with Gasteiger partial charge in [0.05, 0.1) is 11.5 Å². The third kappa shape index (κ3) is 3.18. The Morgan fingerprint density at radius 3 is 2.81 bits per heavy atom. The molecule has 0 radical (unpaired) electrons. The average Bonchev–Trinajstić information content (AvgIpc) is 2.21. The molecule has 0 saturated heterocycles. The molecule has 0 unspecified atom stereocenters. The molecule has 1 aromatic rings. The summed E-state index contributed by atoms with van der Waals surface area (Å²) >= 11 is 5.62. The largest absolute Gasteiger partial charge is 0.325 e. The number of carbonyl (C=O) groups is 1. The first-order valence-electron chi connectivity index (χ1n) is 4.43. The molecule has 0 fully saturated rings. The molecular weight excluding hydrogens is 234 g/mol. The van der Waals surface area contributed by atoms with Crippen molar-refractivity contribution in [1.29, 1.82) is 0 Å². The lowest BCUT2D eigenvalue weighted by Gasteiger charge is -2.04. The van der Waals surface area contributed by atoms with Crippen LogP contribution in [0.15, 0.2) is 18.2 Å². The molecule has 6 nitrogen and oxygen atoms in total. The summed E-state index contributed by atoms with van der Waals surface area (Å²) in [6, 6.07) is 4.09. The Bertz CT molecular complexity index is 422. The number of hydrogen-bond acceptors (Lipinski definition) is 4. The van der Waals surface area contributed by atoms with Crippen molar-refractivity contribution in [1.82, 2.24) is 5.32 Å². The zero-order valence-electron chi connectivity index (χ0n) is 8.49. The van der Waals surface area contributed by atoms with Crippen LogP contribution in [0.2, 0.25) is 5.02 Å². The third-order valence-corrected chi connectivity index (χ3v) is 2.08. The third-order valence-electron chi connectivity index (χ3n) is 1.76. The first-order valence-corrected chi connectivity index (χ1v) is 4.80. The van der Waals surface area contributed by atoms with Crippen molar-refractivity contribution in [3.8, 4) is 0 Å². The number of halogens is 1. The van der Waals surface area contributed by atoms with Crippen molar-refractivity contribution in [2.75, 3.05) is 18.9 Å². The fraction of sp³-hybridized carbons (Fsp3) is 0.222. The van der Waals surface area contributed by atoms with Crippen LogP contribution >= 0.6 is 11.6 Å². The van der Waals surface area contributed by atoms with Crippen LogP contribution in [0.25, 0.3) is 0 Å². The monoisotopic (exact) mass is 243 g/mol. The van der Waals surface area contributed by atoms with E-state index in [2.05, 4.69) is 10.6 Å². The molecule has 0 saturated carbocycles. The van der Waals surface area contributed by atoms with Gasteiger partial charge in [0.15, 0.2) is 0 Å². The number of amides is 1. The van der Waals surface area contributed by atoms with Crippen LogP contribution in [-0.4, -0.2) is 24.4 Å². The quantitative estimate of drug-likeness (QED) is 0.619. The minimum atomic E-state index is -0.601. The molecule has 0 heterocycles. The van der Waals surface area contributed by atoms with Gasteiger partial charge in [-0.1, -0.05) is 11.6 Å². The summed E-state index contributed by atoms with van der Waals surface area (Å²) in [5, 5.41) is 15.8. The number of rotatable bonds is 4. The van der Waals surface area contributed by atoms with Crippen molar-refractivity contribution >= 4 is 28.9 Å². The van der Waals surface area contributed by atoms with Crippen molar-refractivity contribution in [3.63, 3.8) is 0 Å². The Balaban J connectivity index is 2.87. The summed E-state index contributed by atoms with van der Waals surface area (Å²) in [6.07, 6.45) is 0. The van der Waals surface area contributed by atoms with E-state index in [9.17, 15) is 14.9 Å². The zero-order chi connectivity index (χ0) is 12.1. The number of nitrogens with one attached hydrogen (secondary N) is 2. The van der Waals surface area contributed by atoms with Crippen LogP contribution in [0.4, 0.5) is 11.4 Å². The van der Waals surface area contributed by atoms with Crippen LogP contribution < -0.4 is 10.6 Å². The molecule has 1 rings (SSSR count). The van der Waals surface area contributed by atoms with Crippen LogP contribution in [0.3, 0.4) is 0 Å². The van der Waals surface area contributed by atoms with E-state index in [4.69, 9.17) is 11.6 Å². The molecule has 0 spiro atoms. The van der Waals surface area contributed by atoms with Gasteiger partial charge in [-0.15, -0.1) is 0 Å². The normalized spacial score (nSPS) is 9.88. The van der Waals surface area contributed by atoms with Gasteiger partial charge in [0, 0.05) is 11.8 Å². The van der Waals surface area contributed by atoms with Gasteiger partial charge in [-0.05, 0) is 19.2 Å². The number of nitro groups is 1. The molecule has 1 aromatic carbocycles. The summed E-state index contributed by atoms with van der Waals surface area (Å²) in [5.41, 5.74) is 0.111. The smallest absolute Gasteiger partial charge is 0.289 e. The number of benzene rings is 1. The summed E-state index contributed by atoms with van der Waals surface area (Å²) < 4.78 is 0. The second kappa shape index (κ2) is 5.43. The maximum Gasteiger partial charge on any atom is 0.289 e. The van der Waals surface area contributed by atoms with E-state index in [0.29, 0.717) is 5.69 Å². The number of likely N-dealkylation sites (N-methyl/N-ethyl adjacent to an activating group) is 1. The van der Waals surface area contributed by atoms with Gasteiger partial charge in [0.25, 0.3) is 5.69 Å². The van der Waals surface area contributed by atoms with E-state index in [1.54, 1.807) is 7.05 Å². The molecule has 2 N–H and O–H groups in total. The first-order chi connectivity index (χ1) is 7.54. The SMILES string of the molecule is CNCC(=O)Nc1ccc(Cl)c([N+](=O)[O-])c1. The summed E-state index contributed by atoms with van der Waals surface area (Å²) in [4.78, 5) is 21.2. The van der Waals surface area contributed by atoms with E-state index in [1.165, 1.54) is 18.2 Å². The average molecular weight is 244 g/mol. The summed E-state index contributed by atoms with van der Waals surface area (Å²) in [7, 11) is 1.63. The van der Waals surface area contributed by atoms with Gasteiger partial charge in [0.1, 0.15) is 5.02 Å². The molecule has 0 aliphatic rings. The molecule has 0 atom stereocenters. The molecule has 0 bridgehead atoms. The van der Waals surface area contributed by atoms with Gasteiger partial charge in [-0.3, -0.25) is 14.9 Å². The van der Waals surface area contributed by atoms with E-state index in [-0.39, 0.29) is 23.2 Å². The standard InChI is InChI=1S/C9H10ClN3O3/c1-11-5-9(14)12-6-2-3-7(10)8(4-6)13(15)16/h2-4,11H,5H2,1H3,(H,12,14). The molecule has 1 amide bonds. The Morgan fingerprint density at radius 2 is 2.25 bits per heavy atom. The lowest BCUT2D eigenvalue weighted by atomic mass is 10.3. The maximum atomic E-state index is 11.2. The predicted molar refractivity (Wildman–Crippen MR) is 60.7 cm³/mol. The number of nitrogens with zero attached hydrogens (tertiary/aromatic N) is 1. The van der Waals surface area contributed by atoms with Gasteiger partial charge in [-0.25, -0.2) is 0 Å². The maximum absolute atomic E-state index is 11.2.